The van der Waals surface area contributed by atoms with Crippen LogP contribution in [0.3, 0.4) is 0 Å². The van der Waals surface area contributed by atoms with Crippen LogP contribution in [0.15, 0.2) is 18.2 Å². The minimum Gasteiger partial charge on any atom is -0.497 e. The molecule has 1 aromatic carbocycles. The fourth-order valence-corrected chi connectivity index (χ4v) is 4.58. The molecule has 0 spiro atoms. The lowest BCUT2D eigenvalue weighted by atomic mass is 9.84. The number of esters is 1. The first kappa shape index (κ1) is 19.7. The molecule has 2 aliphatic carbocycles. The summed E-state index contributed by atoms with van der Waals surface area (Å²) in [6, 6.07) is 6.80. The number of methoxy groups -OCH3 is 2. The van der Waals surface area contributed by atoms with Crippen LogP contribution in [0.2, 0.25) is 0 Å². The van der Waals surface area contributed by atoms with Gasteiger partial charge in [-0.1, -0.05) is 25.3 Å². The van der Waals surface area contributed by atoms with Crippen molar-refractivity contribution in [2.45, 2.75) is 76.3 Å². The Kier molecular flexibility index (Phi) is 6.75. The molecule has 5 nitrogen and oxygen atoms in total. The number of amides is 1. The minimum atomic E-state index is -0.312. The Hall–Kier alpha value is -2.04. The van der Waals surface area contributed by atoms with E-state index in [9.17, 15) is 9.59 Å². The third-order valence-electron chi connectivity index (χ3n) is 6.04. The van der Waals surface area contributed by atoms with Crippen molar-refractivity contribution in [3.05, 3.63) is 29.3 Å². The van der Waals surface area contributed by atoms with Crippen LogP contribution in [-0.2, 0) is 27.2 Å². The predicted molar refractivity (Wildman–Crippen MR) is 104 cm³/mol. The standard InChI is InChI=1S/C22H31NO4/c1-26-20-11-9-16-14-19(10-8-17(16)15-20)23(18-6-4-3-5-7-18)21(24)12-13-22(25)27-2/h9,11,15,18-19H,3-8,10,12-14H2,1-2H3. The van der Waals surface area contributed by atoms with Gasteiger partial charge in [-0.2, -0.15) is 0 Å². The zero-order valence-electron chi connectivity index (χ0n) is 16.5. The largest absolute Gasteiger partial charge is 0.497 e. The van der Waals surface area contributed by atoms with Gasteiger partial charge >= 0.3 is 5.97 Å². The molecular weight excluding hydrogens is 342 g/mol. The van der Waals surface area contributed by atoms with Crippen LogP contribution in [0.4, 0.5) is 0 Å². The van der Waals surface area contributed by atoms with Gasteiger partial charge in [-0.15, -0.1) is 0 Å². The van der Waals surface area contributed by atoms with Crippen molar-refractivity contribution in [1.82, 2.24) is 4.90 Å². The van der Waals surface area contributed by atoms with Gasteiger partial charge in [0.25, 0.3) is 0 Å². The zero-order chi connectivity index (χ0) is 19.2. The minimum absolute atomic E-state index is 0.106. The second-order valence-corrected chi connectivity index (χ2v) is 7.70. The lowest BCUT2D eigenvalue weighted by Crippen LogP contribution is -2.50. The number of fused-ring (bicyclic) bond motifs is 1. The summed E-state index contributed by atoms with van der Waals surface area (Å²) in [4.78, 5) is 26.7. The molecule has 0 heterocycles. The maximum Gasteiger partial charge on any atom is 0.306 e. The topological polar surface area (TPSA) is 55.8 Å². The monoisotopic (exact) mass is 373 g/mol. The highest BCUT2D eigenvalue weighted by Gasteiger charge is 2.33. The summed E-state index contributed by atoms with van der Waals surface area (Å²) in [5.74, 6) is 0.688. The molecule has 3 rings (SSSR count). The quantitative estimate of drug-likeness (QED) is 0.714. The fourth-order valence-electron chi connectivity index (χ4n) is 4.58. The van der Waals surface area contributed by atoms with Crippen molar-refractivity contribution in [2.24, 2.45) is 0 Å². The fraction of sp³-hybridized carbons (Fsp3) is 0.636. The van der Waals surface area contributed by atoms with Crippen LogP contribution >= 0.6 is 0 Å². The molecule has 0 radical (unpaired) electrons. The number of carbonyl (C=O) groups excluding carboxylic acids is 2. The van der Waals surface area contributed by atoms with E-state index in [1.807, 2.05) is 6.07 Å². The Morgan fingerprint density at radius 2 is 1.78 bits per heavy atom. The highest BCUT2D eigenvalue weighted by atomic mass is 16.5. The summed E-state index contributed by atoms with van der Waals surface area (Å²) in [6.07, 6.45) is 9.02. The van der Waals surface area contributed by atoms with Crippen molar-refractivity contribution in [2.75, 3.05) is 14.2 Å². The van der Waals surface area contributed by atoms with Crippen molar-refractivity contribution in [3.8, 4) is 5.75 Å². The first-order valence-corrected chi connectivity index (χ1v) is 10.2. The summed E-state index contributed by atoms with van der Waals surface area (Å²) in [6.45, 7) is 0. The summed E-state index contributed by atoms with van der Waals surface area (Å²) >= 11 is 0. The van der Waals surface area contributed by atoms with Gasteiger partial charge in [-0.05, 0) is 55.4 Å². The van der Waals surface area contributed by atoms with Gasteiger partial charge in [0.15, 0.2) is 0 Å². The molecule has 1 amide bonds. The van der Waals surface area contributed by atoms with E-state index in [1.54, 1.807) is 7.11 Å². The molecule has 0 aliphatic heterocycles. The summed E-state index contributed by atoms with van der Waals surface area (Å²) in [5, 5.41) is 0. The smallest absolute Gasteiger partial charge is 0.306 e. The Balaban J connectivity index is 1.75. The molecule has 27 heavy (non-hydrogen) atoms. The number of benzene rings is 1. The van der Waals surface area contributed by atoms with Gasteiger partial charge < -0.3 is 14.4 Å². The summed E-state index contributed by atoms with van der Waals surface area (Å²) in [5.41, 5.74) is 2.64. The Labute approximate surface area is 162 Å². The van der Waals surface area contributed by atoms with Crippen molar-refractivity contribution >= 4 is 11.9 Å². The van der Waals surface area contributed by atoms with Gasteiger partial charge in [-0.3, -0.25) is 9.59 Å². The van der Waals surface area contributed by atoms with Gasteiger partial charge in [0.1, 0.15) is 5.75 Å². The van der Waals surface area contributed by atoms with Crippen LogP contribution < -0.4 is 4.74 Å². The van der Waals surface area contributed by atoms with E-state index in [0.29, 0.717) is 6.04 Å². The van der Waals surface area contributed by atoms with Crippen LogP contribution in [0.1, 0.15) is 62.5 Å². The van der Waals surface area contributed by atoms with E-state index in [2.05, 4.69) is 17.0 Å². The maximum atomic E-state index is 13.1. The van der Waals surface area contributed by atoms with E-state index in [4.69, 9.17) is 9.47 Å². The Morgan fingerprint density at radius 3 is 2.48 bits per heavy atom. The van der Waals surface area contributed by atoms with Gasteiger partial charge in [0.05, 0.1) is 20.6 Å². The third-order valence-corrected chi connectivity index (χ3v) is 6.04. The molecule has 0 bridgehead atoms. The number of rotatable bonds is 6. The van der Waals surface area contributed by atoms with Crippen LogP contribution in [-0.4, -0.2) is 43.1 Å². The van der Waals surface area contributed by atoms with E-state index in [-0.39, 0.29) is 30.8 Å². The van der Waals surface area contributed by atoms with Crippen molar-refractivity contribution in [1.29, 1.82) is 0 Å². The average Bonchev–Trinajstić information content (AvgIpc) is 2.72. The number of hydrogen-bond acceptors (Lipinski definition) is 4. The van der Waals surface area contributed by atoms with Gasteiger partial charge in [0.2, 0.25) is 5.91 Å². The Bertz CT molecular complexity index is 666. The summed E-state index contributed by atoms with van der Waals surface area (Å²) < 4.78 is 10.1. The van der Waals surface area contributed by atoms with E-state index in [1.165, 1.54) is 37.5 Å². The second kappa shape index (κ2) is 9.25. The molecule has 1 atom stereocenters. The normalized spacial score (nSPS) is 19.9. The Morgan fingerprint density at radius 1 is 1.00 bits per heavy atom. The molecule has 0 saturated heterocycles. The summed E-state index contributed by atoms with van der Waals surface area (Å²) in [7, 11) is 3.07. The number of aryl methyl sites for hydroxylation is 1. The molecule has 148 valence electrons. The predicted octanol–water partition coefficient (Wildman–Crippen LogP) is 3.67. The first-order chi connectivity index (χ1) is 13.1. The van der Waals surface area contributed by atoms with E-state index in [0.717, 1.165) is 37.9 Å². The van der Waals surface area contributed by atoms with Crippen LogP contribution in [0, 0.1) is 0 Å². The third kappa shape index (κ3) is 4.82. The molecular formula is C22H31NO4. The lowest BCUT2D eigenvalue weighted by Gasteiger charge is -2.42. The number of hydrogen-bond donors (Lipinski definition) is 0. The molecule has 5 heteroatoms. The zero-order valence-corrected chi connectivity index (χ0v) is 16.5. The SMILES string of the molecule is COC(=O)CCC(=O)N(C1CCCCC1)C1CCc2cc(OC)ccc2C1. The molecule has 2 aliphatic rings. The molecule has 1 fully saturated rings. The number of ether oxygens (including phenoxy) is 2. The molecule has 0 N–H and O–H groups in total. The molecule has 1 unspecified atom stereocenters. The lowest BCUT2D eigenvalue weighted by molar-refractivity contribution is -0.145. The second-order valence-electron chi connectivity index (χ2n) is 7.70. The molecule has 1 saturated carbocycles. The van der Waals surface area contributed by atoms with E-state index >= 15 is 0 Å². The average molecular weight is 373 g/mol. The van der Waals surface area contributed by atoms with Gasteiger partial charge in [-0.25, -0.2) is 0 Å². The van der Waals surface area contributed by atoms with Crippen LogP contribution in [0.5, 0.6) is 5.75 Å². The highest BCUT2D eigenvalue weighted by molar-refractivity contribution is 5.82. The van der Waals surface area contributed by atoms with Crippen LogP contribution in [0.25, 0.3) is 0 Å². The number of nitrogens with zero attached hydrogens (tertiary/aromatic N) is 1. The highest BCUT2D eigenvalue weighted by Crippen LogP contribution is 2.32. The number of carbonyl (C=O) groups is 2. The maximum absolute atomic E-state index is 13.1. The van der Waals surface area contributed by atoms with Crippen molar-refractivity contribution < 1.29 is 19.1 Å². The first-order valence-electron chi connectivity index (χ1n) is 10.2. The van der Waals surface area contributed by atoms with E-state index < -0.39 is 0 Å². The van der Waals surface area contributed by atoms with Gasteiger partial charge in [0, 0.05) is 18.5 Å². The molecule has 1 aromatic rings. The molecule has 0 aromatic heterocycles. The van der Waals surface area contributed by atoms with Crippen molar-refractivity contribution in [3.63, 3.8) is 0 Å².